The SMILES string of the molecule is O=CN1CCCC=C1CCc1ccccc1OS(=O)(=O)C(F)(F)F. The van der Waals surface area contributed by atoms with E-state index < -0.39 is 15.6 Å². The van der Waals surface area contributed by atoms with Crippen molar-refractivity contribution in [3.63, 3.8) is 0 Å². The molecule has 9 heteroatoms. The summed E-state index contributed by atoms with van der Waals surface area (Å²) in [5.41, 5.74) is -4.40. The second-order valence-corrected chi connectivity index (χ2v) is 6.77. The number of hydrogen-bond donors (Lipinski definition) is 0. The Balaban J connectivity index is 2.15. The third-order valence-electron chi connectivity index (χ3n) is 3.59. The van der Waals surface area contributed by atoms with Gasteiger partial charge in [-0.15, -0.1) is 0 Å². The summed E-state index contributed by atoms with van der Waals surface area (Å²) in [6.07, 6.45) is 4.92. The molecule has 2 rings (SSSR count). The molecule has 0 radical (unpaired) electrons. The Hall–Kier alpha value is -2.03. The lowest BCUT2D eigenvalue weighted by Crippen LogP contribution is -2.28. The minimum Gasteiger partial charge on any atom is -0.376 e. The van der Waals surface area contributed by atoms with E-state index in [1.807, 2.05) is 6.08 Å². The minimum absolute atomic E-state index is 0.250. The summed E-state index contributed by atoms with van der Waals surface area (Å²) >= 11 is 0. The van der Waals surface area contributed by atoms with Crippen LogP contribution in [0.2, 0.25) is 0 Å². The molecule has 1 aromatic carbocycles. The van der Waals surface area contributed by atoms with E-state index in [2.05, 4.69) is 4.18 Å². The lowest BCUT2D eigenvalue weighted by Gasteiger charge is -2.25. The van der Waals surface area contributed by atoms with Crippen LogP contribution in [0.5, 0.6) is 5.75 Å². The summed E-state index contributed by atoms with van der Waals surface area (Å²) in [6.45, 7) is 0.593. The first-order valence-corrected chi connectivity index (χ1v) is 8.65. The van der Waals surface area contributed by atoms with Gasteiger partial charge < -0.3 is 9.08 Å². The van der Waals surface area contributed by atoms with Crippen LogP contribution in [0.25, 0.3) is 0 Å². The molecule has 1 heterocycles. The lowest BCUT2D eigenvalue weighted by atomic mass is 10.0. The summed E-state index contributed by atoms with van der Waals surface area (Å²) in [7, 11) is -5.71. The Bertz CT molecular complexity index is 728. The van der Waals surface area contributed by atoms with E-state index in [-0.39, 0.29) is 12.2 Å². The number of nitrogens with zero attached hydrogens (tertiary/aromatic N) is 1. The van der Waals surface area contributed by atoms with Gasteiger partial charge >= 0.3 is 15.6 Å². The van der Waals surface area contributed by atoms with Gasteiger partial charge in [-0.3, -0.25) is 4.79 Å². The number of aryl methyl sites for hydroxylation is 1. The van der Waals surface area contributed by atoms with Gasteiger partial charge in [-0.25, -0.2) is 0 Å². The molecule has 5 nitrogen and oxygen atoms in total. The Morgan fingerprint density at radius 2 is 1.92 bits per heavy atom. The smallest absolute Gasteiger partial charge is 0.376 e. The summed E-state index contributed by atoms with van der Waals surface area (Å²) in [5, 5.41) is 0. The van der Waals surface area contributed by atoms with Crippen molar-refractivity contribution in [2.75, 3.05) is 6.54 Å². The summed E-state index contributed by atoms with van der Waals surface area (Å²) < 4.78 is 63.9. The van der Waals surface area contributed by atoms with Crippen LogP contribution in [-0.4, -0.2) is 31.8 Å². The maximum absolute atomic E-state index is 12.5. The van der Waals surface area contributed by atoms with E-state index in [0.717, 1.165) is 18.5 Å². The van der Waals surface area contributed by atoms with E-state index in [1.54, 1.807) is 11.0 Å². The summed E-state index contributed by atoms with van der Waals surface area (Å²) in [5.74, 6) is -0.358. The fraction of sp³-hybridized carbons (Fsp3) is 0.400. The van der Waals surface area contributed by atoms with Crippen molar-refractivity contribution < 1.29 is 30.6 Å². The van der Waals surface area contributed by atoms with Crippen LogP contribution in [0.4, 0.5) is 13.2 Å². The topological polar surface area (TPSA) is 63.7 Å². The zero-order valence-corrected chi connectivity index (χ0v) is 13.4. The molecule has 1 amide bonds. The number of hydrogen-bond acceptors (Lipinski definition) is 4. The van der Waals surface area contributed by atoms with Crippen molar-refractivity contribution in [1.82, 2.24) is 4.90 Å². The average Bonchev–Trinajstić information content (AvgIpc) is 2.53. The molecule has 0 aromatic heterocycles. The molecular weight excluding hydrogens is 347 g/mol. The highest BCUT2D eigenvalue weighted by atomic mass is 32.2. The highest BCUT2D eigenvalue weighted by Gasteiger charge is 2.48. The number of amides is 1. The van der Waals surface area contributed by atoms with Crippen molar-refractivity contribution in [2.24, 2.45) is 0 Å². The molecule has 1 aromatic rings. The average molecular weight is 363 g/mol. The number of halogens is 3. The van der Waals surface area contributed by atoms with Crippen molar-refractivity contribution in [2.45, 2.75) is 31.2 Å². The molecular formula is C15H16F3NO4S. The van der Waals surface area contributed by atoms with Crippen LogP contribution >= 0.6 is 0 Å². The van der Waals surface area contributed by atoms with Crippen molar-refractivity contribution >= 4 is 16.5 Å². The van der Waals surface area contributed by atoms with Crippen LogP contribution < -0.4 is 4.18 Å². The molecule has 0 atom stereocenters. The van der Waals surface area contributed by atoms with Crippen LogP contribution in [-0.2, 0) is 21.3 Å². The van der Waals surface area contributed by atoms with E-state index >= 15 is 0 Å². The fourth-order valence-electron chi connectivity index (χ4n) is 2.38. The second-order valence-electron chi connectivity index (χ2n) is 5.23. The maximum atomic E-state index is 12.5. The van der Waals surface area contributed by atoms with Gasteiger partial charge in [0.05, 0.1) is 0 Å². The minimum atomic E-state index is -5.71. The molecule has 132 valence electrons. The van der Waals surface area contributed by atoms with E-state index in [1.165, 1.54) is 18.2 Å². The first-order valence-electron chi connectivity index (χ1n) is 7.24. The Morgan fingerprint density at radius 1 is 1.21 bits per heavy atom. The maximum Gasteiger partial charge on any atom is 0.534 e. The van der Waals surface area contributed by atoms with Crippen LogP contribution in [0.15, 0.2) is 36.0 Å². The molecule has 0 spiro atoms. The monoisotopic (exact) mass is 363 g/mol. The van der Waals surface area contributed by atoms with Gasteiger partial charge in [0.15, 0.2) is 0 Å². The van der Waals surface area contributed by atoms with Gasteiger partial charge in [-0.05, 0) is 37.3 Å². The predicted molar refractivity (Wildman–Crippen MR) is 80.5 cm³/mol. The van der Waals surface area contributed by atoms with Crippen molar-refractivity contribution in [1.29, 1.82) is 0 Å². The lowest BCUT2D eigenvalue weighted by molar-refractivity contribution is -0.116. The van der Waals surface area contributed by atoms with Crippen LogP contribution in [0.3, 0.4) is 0 Å². The highest BCUT2D eigenvalue weighted by Crippen LogP contribution is 2.30. The van der Waals surface area contributed by atoms with Crippen molar-refractivity contribution in [3.8, 4) is 5.75 Å². The third kappa shape index (κ3) is 4.28. The Morgan fingerprint density at radius 3 is 2.58 bits per heavy atom. The number of para-hydroxylation sites is 1. The predicted octanol–water partition coefficient (Wildman–Crippen LogP) is 2.98. The molecule has 0 unspecified atom stereocenters. The number of benzene rings is 1. The first kappa shape index (κ1) is 18.3. The third-order valence-corrected chi connectivity index (χ3v) is 4.55. The Labute approximate surface area is 137 Å². The quantitative estimate of drug-likeness (QED) is 0.443. The summed E-state index contributed by atoms with van der Waals surface area (Å²) in [4.78, 5) is 12.5. The van der Waals surface area contributed by atoms with Gasteiger partial charge in [-0.1, -0.05) is 24.3 Å². The normalized spacial score (nSPS) is 15.8. The van der Waals surface area contributed by atoms with Gasteiger partial charge in [0.2, 0.25) is 6.41 Å². The summed E-state index contributed by atoms with van der Waals surface area (Å²) in [6, 6.07) is 5.64. The number of alkyl halides is 3. The molecule has 1 aliphatic heterocycles. The standard InChI is InChI=1S/C15H16F3NO4S/c16-15(17,18)24(21,22)23-14-7-2-1-5-12(14)8-9-13-6-3-4-10-19(13)11-20/h1-2,5-7,11H,3-4,8-10H2. The first-order chi connectivity index (χ1) is 11.2. The zero-order valence-electron chi connectivity index (χ0n) is 12.6. The van der Waals surface area contributed by atoms with Gasteiger partial charge in [0.25, 0.3) is 0 Å². The highest BCUT2D eigenvalue weighted by molar-refractivity contribution is 7.88. The van der Waals surface area contributed by atoms with Crippen molar-refractivity contribution in [3.05, 3.63) is 41.6 Å². The molecule has 0 bridgehead atoms. The van der Waals surface area contributed by atoms with Gasteiger partial charge in [0.1, 0.15) is 5.75 Å². The fourth-order valence-corrected chi connectivity index (χ4v) is 2.87. The van der Waals surface area contributed by atoms with E-state index in [4.69, 9.17) is 0 Å². The molecule has 0 aliphatic carbocycles. The van der Waals surface area contributed by atoms with Crippen LogP contribution in [0.1, 0.15) is 24.8 Å². The molecule has 0 saturated carbocycles. The largest absolute Gasteiger partial charge is 0.534 e. The number of carbonyl (C=O) groups excluding carboxylic acids is 1. The number of carbonyl (C=O) groups is 1. The molecule has 0 saturated heterocycles. The molecule has 24 heavy (non-hydrogen) atoms. The van der Waals surface area contributed by atoms with Gasteiger partial charge in [-0.2, -0.15) is 21.6 Å². The number of allylic oxidation sites excluding steroid dienone is 2. The zero-order chi connectivity index (χ0) is 17.8. The molecule has 0 N–H and O–H groups in total. The second kappa shape index (κ2) is 7.25. The molecule has 1 aliphatic rings. The van der Waals surface area contributed by atoms with E-state index in [9.17, 15) is 26.4 Å². The van der Waals surface area contributed by atoms with E-state index in [0.29, 0.717) is 24.9 Å². The molecule has 0 fully saturated rings. The van der Waals surface area contributed by atoms with Gasteiger partial charge in [0, 0.05) is 12.2 Å². The van der Waals surface area contributed by atoms with Crippen LogP contribution in [0, 0.1) is 0 Å². The Kier molecular flexibility index (Phi) is 5.53. The number of rotatable bonds is 6.